The van der Waals surface area contributed by atoms with Crippen LogP contribution in [-0.2, 0) is 6.61 Å². The van der Waals surface area contributed by atoms with Crippen LogP contribution in [0.25, 0.3) is 21.2 Å². The molecule has 0 unspecified atom stereocenters. The minimum Gasteiger partial charge on any atom is -0.489 e. The molecule has 0 bridgehead atoms. The van der Waals surface area contributed by atoms with Crippen LogP contribution in [0.2, 0.25) is 0 Å². The Hall–Kier alpha value is -3.40. The van der Waals surface area contributed by atoms with Crippen LogP contribution in [0.5, 0.6) is 5.75 Å². The summed E-state index contributed by atoms with van der Waals surface area (Å²) in [6.07, 6.45) is 0.747. The summed E-state index contributed by atoms with van der Waals surface area (Å²) in [4.78, 5) is 0. The fraction of sp³-hybridized carbons (Fsp3) is 0.233. The van der Waals surface area contributed by atoms with Crippen molar-refractivity contribution >= 4 is 40.6 Å². The number of hydrogen-bond donors (Lipinski definition) is 0. The van der Waals surface area contributed by atoms with Gasteiger partial charge in [0.15, 0.2) is 0 Å². The predicted molar refractivity (Wildman–Crippen MR) is 156 cm³/mol. The van der Waals surface area contributed by atoms with Gasteiger partial charge in [0.25, 0.3) is 0 Å². The molecule has 0 saturated heterocycles. The van der Waals surface area contributed by atoms with Crippen molar-refractivity contribution in [2.45, 2.75) is 39.7 Å². The first-order valence-electron chi connectivity index (χ1n) is 11.8. The highest BCUT2D eigenvalue weighted by Crippen LogP contribution is 2.38. The van der Waals surface area contributed by atoms with Crippen LogP contribution in [-0.4, -0.2) is 12.3 Å². The molecule has 5 rings (SSSR count). The van der Waals surface area contributed by atoms with E-state index in [9.17, 15) is 0 Å². The van der Waals surface area contributed by atoms with Gasteiger partial charge in [-0.3, -0.25) is 0 Å². The van der Waals surface area contributed by atoms with Gasteiger partial charge in [-0.2, -0.15) is 18.6 Å². The zero-order valence-electron chi connectivity index (χ0n) is 20.7. The van der Waals surface area contributed by atoms with E-state index >= 15 is 0 Å². The Kier molecular flexibility index (Phi) is 8.25. The molecule has 0 fully saturated rings. The highest BCUT2D eigenvalue weighted by molar-refractivity contribution is 7.59. The first kappa shape index (κ1) is 25.7. The molecule has 0 aliphatic carbocycles. The number of ether oxygens (including phenoxy) is 1. The third-order valence-corrected chi connectivity index (χ3v) is 7.30. The van der Waals surface area contributed by atoms with Crippen molar-refractivity contribution in [3.05, 3.63) is 88.3 Å². The van der Waals surface area contributed by atoms with Crippen LogP contribution in [0, 0.1) is 25.7 Å². The van der Waals surface area contributed by atoms with Crippen LogP contribution in [0.3, 0.4) is 0 Å². The zero-order valence-corrected chi connectivity index (χ0v) is 22.5. The van der Waals surface area contributed by atoms with Gasteiger partial charge in [0.05, 0.1) is 11.6 Å². The lowest BCUT2D eigenvalue weighted by Crippen LogP contribution is -2.07. The lowest BCUT2D eigenvalue weighted by molar-refractivity contribution is 0.306. The van der Waals surface area contributed by atoms with E-state index in [1.807, 2.05) is 19.1 Å². The molecule has 0 amide bonds. The first-order valence-corrected chi connectivity index (χ1v) is 12.6. The summed E-state index contributed by atoms with van der Waals surface area (Å²) in [6.45, 7) is 7.33. The first-order chi connectivity index (χ1) is 17.1. The van der Waals surface area contributed by atoms with E-state index in [1.165, 1.54) is 32.3 Å². The third-order valence-electron chi connectivity index (χ3n) is 6.34. The van der Waals surface area contributed by atoms with Crippen molar-refractivity contribution in [1.82, 2.24) is 0 Å². The summed E-state index contributed by atoms with van der Waals surface area (Å²) in [5.74, 6) is 7.26. The second-order valence-corrected chi connectivity index (χ2v) is 9.72. The minimum atomic E-state index is 0. The maximum absolute atomic E-state index is 6.15. The molecule has 0 radical (unpaired) electrons. The molecule has 1 aromatic heterocycles. The van der Waals surface area contributed by atoms with E-state index in [0.29, 0.717) is 13.2 Å². The number of aryl methyl sites for hydroxylation is 2. The minimum absolute atomic E-state index is 0. The van der Waals surface area contributed by atoms with E-state index in [1.54, 1.807) is 11.3 Å². The molecule has 4 aromatic rings. The van der Waals surface area contributed by atoms with Crippen molar-refractivity contribution < 1.29 is 4.74 Å². The third kappa shape index (κ3) is 5.53. The van der Waals surface area contributed by atoms with Gasteiger partial charge in [-0.05, 0) is 83.5 Å². The molecular weight excluding hydrogens is 482 g/mol. The second kappa shape index (κ2) is 11.6. The number of nitrogens with zero attached hydrogens (tertiary/aromatic N) is 3. The van der Waals surface area contributed by atoms with Crippen molar-refractivity contribution in [3.8, 4) is 28.7 Å². The molecular formula is C30H29N3OS2. The van der Waals surface area contributed by atoms with Crippen LogP contribution in [0.4, 0.5) is 0 Å². The second-order valence-electron chi connectivity index (χ2n) is 8.81. The molecule has 0 N–H and O–H groups in total. The van der Waals surface area contributed by atoms with Crippen LogP contribution < -0.4 is 4.74 Å². The summed E-state index contributed by atoms with van der Waals surface area (Å²) in [5.41, 5.74) is 8.54. The average molecular weight is 512 g/mol. The van der Waals surface area contributed by atoms with Gasteiger partial charge in [0, 0.05) is 22.1 Å². The number of rotatable bonds is 7. The van der Waals surface area contributed by atoms with Crippen molar-refractivity contribution in [2.75, 3.05) is 6.54 Å². The Bertz CT molecular complexity index is 1470. The lowest BCUT2D eigenvalue weighted by atomic mass is 9.94. The maximum atomic E-state index is 6.15. The zero-order chi connectivity index (χ0) is 24.2. The molecule has 4 nitrogen and oxygen atoms in total. The van der Waals surface area contributed by atoms with Crippen LogP contribution in [0.1, 0.15) is 41.5 Å². The van der Waals surface area contributed by atoms with Crippen LogP contribution in [0.15, 0.2) is 81.5 Å². The Morgan fingerprint density at radius 3 is 2.50 bits per heavy atom. The summed E-state index contributed by atoms with van der Waals surface area (Å²) in [7, 11) is 0. The number of benzene rings is 3. The molecule has 0 saturated carbocycles. The molecule has 182 valence electrons. The normalized spacial score (nSPS) is 13.0. The van der Waals surface area contributed by atoms with Gasteiger partial charge in [-0.1, -0.05) is 42.3 Å². The molecule has 36 heavy (non-hydrogen) atoms. The fourth-order valence-electron chi connectivity index (χ4n) is 4.57. The monoisotopic (exact) mass is 511 g/mol. The molecule has 0 spiro atoms. The van der Waals surface area contributed by atoms with Gasteiger partial charge in [0.1, 0.15) is 18.9 Å². The fourth-order valence-corrected chi connectivity index (χ4v) is 5.50. The number of fused-ring (bicyclic) bond motifs is 1. The molecule has 2 heterocycles. The standard InChI is InChI=1S/C30H27N3OS.H2S/c1-4-6-24(16-25-17-31-33-32-25)23-10-12-26(13-11-23)34-18-22-9-14-29-27(15-22)28(19-35-29)30-20(2)7-5-8-21(30)3;/h5,7-15,19,24H,16-18H2,1-3H3;1H2/t24-;/m0./s1. The molecule has 3 aromatic carbocycles. The quantitative estimate of drug-likeness (QED) is 0.231. The Labute approximate surface area is 223 Å². The summed E-state index contributed by atoms with van der Waals surface area (Å²) in [6, 6.07) is 21.4. The molecule has 1 atom stereocenters. The maximum Gasteiger partial charge on any atom is 0.119 e. The van der Waals surface area contributed by atoms with E-state index in [-0.39, 0.29) is 19.4 Å². The summed E-state index contributed by atoms with van der Waals surface area (Å²) >= 11 is 1.80. The van der Waals surface area contributed by atoms with Crippen molar-refractivity contribution in [1.29, 1.82) is 0 Å². The number of hydrogen-bond acceptors (Lipinski definition) is 5. The predicted octanol–water partition coefficient (Wildman–Crippen LogP) is 8.20. The smallest absolute Gasteiger partial charge is 0.119 e. The Balaban J connectivity index is 0.00000304. The summed E-state index contributed by atoms with van der Waals surface area (Å²) in [5, 5.41) is 15.3. The van der Waals surface area contributed by atoms with Gasteiger partial charge >= 0.3 is 0 Å². The summed E-state index contributed by atoms with van der Waals surface area (Å²) < 4.78 is 7.45. The highest BCUT2D eigenvalue weighted by atomic mass is 32.1. The number of thiophene rings is 1. The van der Waals surface area contributed by atoms with E-state index in [2.05, 4.69) is 95.0 Å². The van der Waals surface area contributed by atoms with E-state index in [0.717, 1.165) is 29.0 Å². The van der Waals surface area contributed by atoms with Crippen LogP contribution >= 0.6 is 24.8 Å². The van der Waals surface area contributed by atoms with E-state index in [4.69, 9.17) is 4.74 Å². The highest BCUT2D eigenvalue weighted by Gasteiger charge is 2.15. The van der Waals surface area contributed by atoms with Gasteiger partial charge < -0.3 is 4.74 Å². The van der Waals surface area contributed by atoms with E-state index < -0.39 is 0 Å². The Morgan fingerprint density at radius 1 is 1.03 bits per heavy atom. The average Bonchev–Trinajstić information content (AvgIpc) is 3.53. The SMILES string of the molecule is CC#C[C@@H](CC1=NN=NC1)c1ccc(OCc2ccc3scc(-c4c(C)cccc4C)c3c2)cc1.S. The van der Waals surface area contributed by atoms with Crippen molar-refractivity contribution in [3.63, 3.8) is 0 Å². The molecule has 1 aliphatic rings. The van der Waals surface area contributed by atoms with Gasteiger partial charge in [-0.15, -0.1) is 22.4 Å². The van der Waals surface area contributed by atoms with Crippen molar-refractivity contribution in [2.24, 2.45) is 15.4 Å². The largest absolute Gasteiger partial charge is 0.489 e. The Morgan fingerprint density at radius 2 is 1.81 bits per heavy atom. The van der Waals surface area contributed by atoms with Gasteiger partial charge in [0.2, 0.25) is 0 Å². The lowest BCUT2D eigenvalue weighted by Gasteiger charge is -2.12. The molecule has 6 heteroatoms. The topological polar surface area (TPSA) is 46.3 Å². The molecule has 1 aliphatic heterocycles. The van der Waals surface area contributed by atoms with Gasteiger partial charge in [-0.25, -0.2) is 0 Å².